The van der Waals surface area contributed by atoms with Crippen LogP contribution in [0.25, 0.3) is 0 Å². The molecule has 0 bridgehead atoms. The van der Waals surface area contributed by atoms with Gasteiger partial charge in [0.25, 0.3) is 0 Å². The Morgan fingerprint density at radius 2 is 1.91 bits per heavy atom. The molecule has 2 aliphatic rings. The first-order valence-electron chi connectivity index (χ1n) is 7.59. The van der Waals surface area contributed by atoms with Crippen LogP contribution >= 0.6 is 24.2 Å². The zero-order valence-corrected chi connectivity index (χ0v) is 16.0. The molecular formula is C14H27ClN2O3S2. The maximum atomic E-state index is 13.0. The molecule has 0 saturated carbocycles. The molecular weight excluding hydrogens is 344 g/mol. The van der Waals surface area contributed by atoms with Crippen molar-refractivity contribution in [3.05, 3.63) is 0 Å². The first kappa shape index (κ1) is 20.1. The number of thioether (sulfide) groups is 1. The molecule has 0 spiro atoms. The quantitative estimate of drug-likeness (QED) is 0.807. The summed E-state index contributed by atoms with van der Waals surface area (Å²) in [4.78, 5) is 14.8. The monoisotopic (exact) mass is 370 g/mol. The highest BCUT2D eigenvalue weighted by atomic mass is 35.5. The van der Waals surface area contributed by atoms with Crippen LogP contribution in [-0.4, -0.2) is 67.4 Å². The molecule has 1 N–H and O–H groups in total. The molecule has 2 heterocycles. The van der Waals surface area contributed by atoms with E-state index in [1.165, 1.54) is 6.26 Å². The number of sulfone groups is 1. The van der Waals surface area contributed by atoms with Gasteiger partial charge in [-0.15, -0.1) is 12.4 Å². The molecule has 0 aliphatic carbocycles. The molecule has 2 fully saturated rings. The molecule has 0 aromatic carbocycles. The Kier molecular flexibility index (Phi) is 7.05. The summed E-state index contributed by atoms with van der Waals surface area (Å²) in [5, 5.41) is 3.56. The highest BCUT2D eigenvalue weighted by Gasteiger charge is 2.51. The average molecular weight is 371 g/mol. The van der Waals surface area contributed by atoms with Crippen molar-refractivity contribution < 1.29 is 13.2 Å². The van der Waals surface area contributed by atoms with E-state index < -0.39 is 14.6 Å². The minimum absolute atomic E-state index is 0. The Hall–Kier alpha value is 0.0200. The molecule has 2 saturated heterocycles. The predicted molar refractivity (Wildman–Crippen MR) is 94.6 cm³/mol. The third-order valence-corrected chi connectivity index (χ3v) is 8.18. The van der Waals surface area contributed by atoms with Gasteiger partial charge >= 0.3 is 0 Å². The molecule has 130 valence electrons. The number of halogens is 1. The van der Waals surface area contributed by atoms with Crippen LogP contribution in [0.3, 0.4) is 0 Å². The van der Waals surface area contributed by atoms with Gasteiger partial charge in [0.2, 0.25) is 5.91 Å². The third-order valence-electron chi connectivity index (χ3n) is 4.64. The minimum Gasteiger partial charge on any atom is -0.339 e. The molecule has 22 heavy (non-hydrogen) atoms. The van der Waals surface area contributed by atoms with Crippen LogP contribution in [0.5, 0.6) is 0 Å². The summed E-state index contributed by atoms with van der Waals surface area (Å²) in [6, 6.07) is 0. The van der Waals surface area contributed by atoms with E-state index in [4.69, 9.17) is 0 Å². The standard InChI is InChI=1S/C14H26N2O3S2.ClH/c1-11(2)12-10-16(8-9-20-12)13(17)14(21(3,18)19)4-6-15-7-5-14;/h11-12,15H,4-10H2,1-3H3;1H. The fraction of sp³-hybridized carbons (Fsp3) is 0.929. The Morgan fingerprint density at radius 1 is 1.32 bits per heavy atom. The van der Waals surface area contributed by atoms with E-state index in [-0.39, 0.29) is 18.3 Å². The Morgan fingerprint density at radius 3 is 2.41 bits per heavy atom. The number of nitrogens with one attached hydrogen (secondary N) is 1. The van der Waals surface area contributed by atoms with Gasteiger partial charge in [-0.2, -0.15) is 11.8 Å². The summed E-state index contributed by atoms with van der Waals surface area (Å²) in [7, 11) is -3.41. The van der Waals surface area contributed by atoms with Crippen LogP contribution in [0.4, 0.5) is 0 Å². The van der Waals surface area contributed by atoms with Crippen molar-refractivity contribution in [3.63, 3.8) is 0 Å². The summed E-state index contributed by atoms with van der Waals surface area (Å²) >= 11 is 1.89. The summed E-state index contributed by atoms with van der Waals surface area (Å²) < 4.78 is 23.4. The van der Waals surface area contributed by atoms with Crippen molar-refractivity contribution in [3.8, 4) is 0 Å². The lowest BCUT2D eigenvalue weighted by Gasteiger charge is -2.42. The third kappa shape index (κ3) is 3.91. The van der Waals surface area contributed by atoms with Crippen LogP contribution < -0.4 is 5.32 Å². The molecule has 2 rings (SSSR count). The van der Waals surface area contributed by atoms with Gasteiger partial charge in [0, 0.05) is 30.3 Å². The smallest absolute Gasteiger partial charge is 0.244 e. The second kappa shape index (κ2) is 7.73. The molecule has 1 unspecified atom stereocenters. The summed E-state index contributed by atoms with van der Waals surface area (Å²) in [6.07, 6.45) is 2.00. The second-order valence-corrected chi connectivity index (χ2v) is 10.1. The predicted octanol–water partition coefficient (Wildman–Crippen LogP) is 1.17. The lowest BCUT2D eigenvalue weighted by molar-refractivity contribution is -0.134. The van der Waals surface area contributed by atoms with Crippen molar-refractivity contribution in [2.45, 2.75) is 36.7 Å². The molecule has 0 aromatic heterocycles. The minimum atomic E-state index is -3.41. The number of rotatable bonds is 3. The zero-order valence-electron chi connectivity index (χ0n) is 13.5. The van der Waals surface area contributed by atoms with Gasteiger partial charge in [0.15, 0.2) is 14.6 Å². The summed E-state index contributed by atoms with van der Waals surface area (Å²) in [5.41, 5.74) is 0. The van der Waals surface area contributed by atoms with Crippen molar-refractivity contribution in [1.29, 1.82) is 0 Å². The molecule has 1 amide bonds. The van der Waals surface area contributed by atoms with Crippen LogP contribution in [-0.2, 0) is 14.6 Å². The van der Waals surface area contributed by atoms with E-state index >= 15 is 0 Å². The normalized spacial score (nSPS) is 25.6. The van der Waals surface area contributed by atoms with Crippen LogP contribution in [0.2, 0.25) is 0 Å². The van der Waals surface area contributed by atoms with Gasteiger partial charge < -0.3 is 10.2 Å². The fourth-order valence-electron chi connectivity index (χ4n) is 3.13. The van der Waals surface area contributed by atoms with Gasteiger partial charge in [-0.1, -0.05) is 13.8 Å². The number of carbonyl (C=O) groups excluding carboxylic acids is 1. The van der Waals surface area contributed by atoms with E-state index in [0.29, 0.717) is 50.2 Å². The SMILES string of the molecule is CC(C)C1CN(C(=O)C2(S(C)(=O)=O)CCNCC2)CCS1.Cl. The Balaban J connectivity index is 0.00000242. The number of nitrogens with zero attached hydrogens (tertiary/aromatic N) is 1. The van der Waals surface area contributed by atoms with Crippen molar-refractivity contribution in [1.82, 2.24) is 10.2 Å². The number of carbonyl (C=O) groups is 1. The van der Waals surface area contributed by atoms with Gasteiger partial charge in [0.05, 0.1) is 0 Å². The summed E-state index contributed by atoms with van der Waals surface area (Å²) in [5.74, 6) is 1.22. The van der Waals surface area contributed by atoms with E-state index in [1.807, 2.05) is 11.8 Å². The number of amides is 1. The van der Waals surface area contributed by atoms with E-state index in [9.17, 15) is 13.2 Å². The van der Waals surface area contributed by atoms with E-state index in [1.54, 1.807) is 4.90 Å². The molecule has 5 nitrogen and oxygen atoms in total. The largest absolute Gasteiger partial charge is 0.339 e. The van der Waals surface area contributed by atoms with Gasteiger partial charge in [0.1, 0.15) is 0 Å². The zero-order chi connectivity index (χ0) is 15.7. The van der Waals surface area contributed by atoms with Gasteiger partial charge in [-0.3, -0.25) is 4.79 Å². The fourth-order valence-corrected chi connectivity index (χ4v) is 5.82. The molecule has 1 atom stereocenters. The second-order valence-electron chi connectivity index (χ2n) is 6.42. The summed E-state index contributed by atoms with van der Waals surface area (Å²) in [6.45, 7) is 6.83. The van der Waals surface area contributed by atoms with Crippen molar-refractivity contribution in [2.75, 3.05) is 38.2 Å². The van der Waals surface area contributed by atoms with Crippen molar-refractivity contribution >= 4 is 39.9 Å². The maximum Gasteiger partial charge on any atom is 0.244 e. The number of hydrogen-bond donors (Lipinski definition) is 1. The molecule has 0 radical (unpaired) electrons. The first-order valence-corrected chi connectivity index (χ1v) is 10.5. The highest BCUT2D eigenvalue weighted by Crippen LogP contribution is 2.33. The lowest BCUT2D eigenvalue weighted by Crippen LogP contribution is -2.60. The van der Waals surface area contributed by atoms with E-state index in [0.717, 1.165) is 5.75 Å². The highest BCUT2D eigenvalue weighted by molar-refractivity contribution is 8.00. The number of piperidine rings is 1. The molecule has 2 aliphatic heterocycles. The first-order chi connectivity index (χ1) is 9.78. The van der Waals surface area contributed by atoms with Gasteiger partial charge in [-0.25, -0.2) is 8.42 Å². The molecule has 0 aromatic rings. The van der Waals surface area contributed by atoms with Crippen LogP contribution in [0.15, 0.2) is 0 Å². The lowest BCUT2D eigenvalue weighted by atomic mass is 9.94. The van der Waals surface area contributed by atoms with Crippen molar-refractivity contribution in [2.24, 2.45) is 5.92 Å². The topological polar surface area (TPSA) is 66.5 Å². The number of hydrogen-bond acceptors (Lipinski definition) is 5. The van der Waals surface area contributed by atoms with E-state index in [2.05, 4.69) is 19.2 Å². The Labute approximate surface area is 144 Å². The molecule has 8 heteroatoms. The van der Waals surface area contributed by atoms with Crippen LogP contribution in [0.1, 0.15) is 26.7 Å². The van der Waals surface area contributed by atoms with Gasteiger partial charge in [-0.05, 0) is 31.8 Å². The maximum absolute atomic E-state index is 13.0. The average Bonchev–Trinajstić information content (AvgIpc) is 2.46. The Bertz CT molecular complexity index is 490. The van der Waals surface area contributed by atoms with Crippen LogP contribution in [0, 0.1) is 5.92 Å².